The summed E-state index contributed by atoms with van der Waals surface area (Å²) in [4.78, 5) is 4.28. The molecule has 0 saturated carbocycles. The normalized spacial score (nSPS) is 12.5. The molecule has 2 heterocycles. The number of rotatable bonds is 6. The van der Waals surface area contributed by atoms with E-state index < -0.39 is 10.0 Å². The van der Waals surface area contributed by atoms with Gasteiger partial charge in [-0.1, -0.05) is 36.4 Å². The highest BCUT2D eigenvalue weighted by Gasteiger charge is 2.15. The second kappa shape index (κ2) is 7.02. The van der Waals surface area contributed by atoms with E-state index in [2.05, 4.69) is 15.0 Å². The van der Waals surface area contributed by atoms with Crippen LogP contribution in [0.5, 0.6) is 0 Å². The van der Waals surface area contributed by atoms with E-state index in [1.807, 2.05) is 37.3 Å². The standard InChI is InChI=1S/C17H17N3O2S2/c1-13(14-6-3-2-4-7-14)19-16-10-9-15(12-18-16)20-24(21,22)17-8-5-11-23-17/h2-13,20H,1H3,(H,18,19). The number of aromatic nitrogens is 1. The molecule has 24 heavy (non-hydrogen) atoms. The van der Waals surface area contributed by atoms with Crippen LogP contribution in [0.15, 0.2) is 70.4 Å². The number of anilines is 2. The molecule has 1 atom stereocenters. The molecular weight excluding hydrogens is 342 g/mol. The summed E-state index contributed by atoms with van der Waals surface area (Å²) in [5.74, 6) is 0.686. The van der Waals surface area contributed by atoms with E-state index in [4.69, 9.17) is 0 Å². The molecule has 7 heteroatoms. The van der Waals surface area contributed by atoms with Crippen LogP contribution in [0.2, 0.25) is 0 Å². The van der Waals surface area contributed by atoms with Crippen LogP contribution in [0.25, 0.3) is 0 Å². The SMILES string of the molecule is CC(Nc1ccc(NS(=O)(=O)c2cccs2)cn1)c1ccccc1. The van der Waals surface area contributed by atoms with E-state index in [1.165, 1.54) is 17.5 Å². The zero-order valence-corrected chi connectivity index (χ0v) is 14.6. The minimum atomic E-state index is -3.54. The van der Waals surface area contributed by atoms with Crippen molar-refractivity contribution < 1.29 is 8.42 Å². The van der Waals surface area contributed by atoms with Crippen molar-refractivity contribution in [2.45, 2.75) is 17.2 Å². The third-order valence-electron chi connectivity index (χ3n) is 3.44. The molecular formula is C17H17N3O2S2. The Labute approximate surface area is 145 Å². The minimum absolute atomic E-state index is 0.104. The van der Waals surface area contributed by atoms with Gasteiger partial charge in [-0.2, -0.15) is 0 Å². The molecule has 1 unspecified atom stereocenters. The maximum absolute atomic E-state index is 12.2. The van der Waals surface area contributed by atoms with Crippen LogP contribution in [0.3, 0.4) is 0 Å². The second-order valence-corrected chi connectivity index (χ2v) is 8.10. The number of hydrogen-bond donors (Lipinski definition) is 2. The lowest BCUT2D eigenvalue weighted by Crippen LogP contribution is -2.12. The van der Waals surface area contributed by atoms with Crippen LogP contribution in [-0.4, -0.2) is 13.4 Å². The van der Waals surface area contributed by atoms with Gasteiger partial charge in [-0.05, 0) is 36.1 Å². The molecule has 5 nitrogen and oxygen atoms in total. The fourth-order valence-corrected chi connectivity index (χ4v) is 4.24. The van der Waals surface area contributed by atoms with Crippen molar-refractivity contribution >= 4 is 32.9 Å². The van der Waals surface area contributed by atoms with Crippen LogP contribution >= 0.6 is 11.3 Å². The first-order chi connectivity index (χ1) is 11.5. The first-order valence-corrected chi connectivity index (χ1v) is 9.75. The number of pyridine rings is 1. The summed E-state index contributed by atoms with van der Waals surface area (Å²) in [7, 11) is -3.54. The van der Waals surface area contributed by atoms with Crippen molar-refractivity contribution in [3.8, 4) is 0 Å². The molecule has 0 aliphatic carbocycles. The van der Waals surface area contributed by atoms with Crippen molar-refractivity contribution in [3.05, 3.63) is 71.7 Å². The Bertz CT molecular complexity index is 877. The summed E-state index contributed by atoms with van der Waals surface area (Å²) in [6.45, 7) is 2.05. The smallest absolute Gasteiger partial charge is 0.271 e. The molecule has 3 rings (SSSR count). The van der Waals surface area contributed by atoms with E-state index in [9.17, 15) is 8.42 Å². The second-order valence-electron chi connectivity index (χ2n) is 5.25. The van der Waals surface area contributed by atoms with Crippen molar-refractivity contribution in [2.75, 3.05) is 10.0 Å². The van der Waals surface area contributed by atoms with Crippen LogP contribution in [0, 0.1) is 0 Å². The Balaban J connectivity index is 1.68. The lowest BCUT2D eigenvalue weighted by Gasteiger charge is -2.15. The first-order valence-electron chi connectivity index (χ1n) is 7.38. The molecule has 0 aliphatic heterocycles. The van der Waals surface area contributed by atoms with Gasteiger partial charge in [-0.15, -0.1) is 11.3 Å². The number of thiophene rings is 1. The van der Waals surface area contributed by atoms with E-state index in [0.717, 1.165) is 5.56 Å². The lowest BCUT2D eigenvalue weighted by molar-refractivity contribution is 0.603. The molecule has 3 aromatic rings. The zero-order valence-electron chi connectivity index (χ0n) is 13.0. The summed E-state index contributed by atoms with van der Waals surface area (Å²) in [6, 6.07) is 16.9. The fourth-order valence-electron chi connectivity index (χ4n) is 2.21. The number of benzene rings is 1. The lowest BCUT2D eigenvalue weighted by atomic mass is 10.1. The van der Waals surface area contributed by atoms with Crippen molar-refractivity contribution in [1.82, 2.24) is 4.98 Å². The third kappa shape index (κ3) is 3.93. The molecule has 0 spiro atoms. The molecule has 0 aliphatic rings. The van der Waals surface area contributed by atoms with Crippen LogP contribution in [0.4, 0.5) is 11.5 Å². The van der Waals surface area contributed by atoms with E-state index in [0.29, 0.717) is 11.5 Å². The topological polar surface area (TPSA) is 71.1 Å². The van der Waals surface area contributed by atoms with Crippen molar-refractivity contribution in [2.24, 2.45) is 0 Å². The number of nitrogens with zero attached hydrogens (tertiary/aromatic N) is 1. The van der Waals surface area contributed by atoms with Gasteiger partial charge in [0.1, 0.15) is 10.0 Å². The molecule has 1 aromatic carbocycles. The van der Waals surface area contributed by atoms with Crippen LogP contribution in [0.1, 0.15) is 18.5 Å². The molecule has 124 valence electrons. The fraction of sp³-hybridized carbons (Fsp3) is 0.118. The van der Waals surface area contributed by atoms with E-state index in [1.54, 1.807) is 29.6 Å². The molecule has 0 radical (unpaired) electrons. The Kier molecular flexibility index (Phi) is 4.82. The minimum Gasteiger partial charge on any atom is -0.364 e. The van der Waals surface area contributed by atoms with E-state index >= 15 is 0 Å². The summed E-state index contributed by atoms with van der Waals surface area (Å²) in [6.07, 6.45) is 1.51. The average Bonchev–Trinajstić information content (AvgIpc) is 3.13. The van der Waals surface area contributed by atoms with Gasteiger partial charge in [0.25, 0.3) is 10.0 Å². The Morgan fingerprint density at radius 3 is 2.46 bits per heavy atom. The van der Waals surface area contributed by atoms with Gasteiger partial charge < -0.3 is 5.32 Å². The Morgan fingerprint density at radius 1 is 1.04 bits per heavy atom. The van der Waals surface area contributed by atoms with Gasteiger partial charge in [-0.25, -0.2) is 13.4 Å². The van der Waals surface area contributed by atoms with Crippen LogP contribution in [-0.2, 0) is 10.0 Å². The highest BCUT2D eigenvalue weighted by molar-refractivity contribution is 7.94. The predicted octanol–water partition coefficient (Wildman–Crippen LogP) is 4.12. The maximum atomic E-state index is 12.2. The molecule has 0 fully saturated rings. The predicted molar refractivity (Wildman–Crippen MR) is 97.8 cm³/mol. The number of nitrogens with one attached hydrogen (secondary N) is 2. The van der Waals surface area contributed by atoms with Gasteiger partial charge in [0.15, 0.2) is 0 Å². The third-order valence-corrected chi connectivity index (χ3v) is 6.22. The highest BCUT2D eigenvalue weighted by atomic mass is 32.2. The summed E-state index contributed by atoms with van der Waals surface area (Å²) < 4.78 is 27.1. The van der Waals surface area contributed by atoms with E-state index in [-0.39, 0.29) is 10.3 Å². The average molecular weight is 359 g/mol. The largest absolute Gasteiger partial charge is 0.364 e. The van der Waals surface area contributed by atoms with Gasteiger partial charge in [0.2, 0.25) is 0 Å². The number of sulfonamides is 1. The first kappa shape index (κ1) is 16.5. The Hall–Kier alpha value is -2.38. The highest BCUT2D eigenvalue weighted by Crippen LogP contribution is 2.22. The van der Waals surface area contributed by atoms with Crippen molar-refractivity contribution in [1.29, 1.82) is 0 Å². The van der Waals surface area contributed by atoms with Crippen molar-refractivity contribution in [3.63, 3.8) is 0 Å². The van der Waals surface area contributed by atoms with Gasteiger partial charge in [0, 0.05) is 6.04 Å². The molecule has 2 aromatic heterocycles. The maximum Gasteiger partial charge on any atom is 0.271 e. The quantitative estimate of drug-likeness (QED) is 0.694. The summed E-state index contributed by atoms with van der Waals surface area (Å²) in [5.41, 5.74) is 1.59. The molecule has 0 amide bonds. The molecule has 2 N–H and O–H groups in total. The monoisotopic (exact) mass is 359 g/mol. The summed E-state index contributed by atoms with van der Waals surface area (Å²) >= 11 is 1.18. The Morgan fingerprint density at radius 2 is 1.83 bits per heavy atom. The molecule has 0 saturated heterocycles. The summed E-state index contributed by atoms with van der Waals surface area (Å²) in [5, 5.41) is 5.02. The number of hydrogen-bond acceptors (Lipinski definition) is 5. The van der Waals surface area contributed by atoms with Crippen LogP contribution < -0.4 is 10.0 Å². The van der Waals surface area contributed by atoms with Gasteiger partial charge in [0.05, 0.1) is 11.9 Å². The zero-order chi connectivity index (χ0) is 17.0. The molecule has 0 bridgehead atoms. The van der Waals surface area contributed by atoms with Gasteiger partial charge in [-0.3, -0.25) is 4.72 Å². The van der Waals surface area contributed by atoms with Gasteiger partial charge >= 0.3 is 0 Å².